The van der Waals surface area contributed by atoms with Crippen molar-refractivity contribution in [3.8, 4) is 22.8 Å². The fourth-order valence-electron chi connectivity index (χ4n) is 4.01. The number of H-pyrrole nitrogens is 1. The summed E-state index contributed by atoms with van der Waals surface area (Å²) in [5, 5.41) is 0.223. The molecule has 0 fully saturated rings. The highest BCUT2D eigenvalue weighted by atomic mass is 28.2. The molecular formula is C30H40N4O3Si. The second-order valence-electron chi connectivity index (χ2n) is 11.3. The summed E-state index contributed by atoms with van der Waals surface area (Å²) in [5.74, 6) is 1.49. The summed E-state index contributed by atoms with van der Waals surface area (Å²) >= 11 is 0. The molecule has 4 aromatic rings. The van der Waals surface area contributed by atoms with E-state index in [0.29, 0.717) is 0 Å². The Morgan fingerprint density at radius 2 is 1.63 bits per heavy atom. The second kappa shape index (κ2) is 11.6. The number of methoxy groups -OCH3 is 2. The van der Waals surface area contributed by atoms with E-state index in [2.05, 4.69) is 61.6 Å². The lowest BCUT2D eigenvalue weighted by molar-refractivity contribution is 0.244. The molecule has 0 radical (unpaired) electrons. The normalized spacial score (nSPS) is 12.4. The largest absolute Gasteiger partial charge is 0.497 e. The van der Waals surface area contributed by atoms with Crippen molar-refractivity contribution in [2.75, 3.05) is 32.3 Å². The predicted molar refractivity (Wildman–Crippen MR) is 158 cm³/mol. The van der Waals surface area contributed by atoms with E-state index in [0.717, 1.165) is 64.7 Å². The molecule has 7 nitrogen and oxygen atoms in total. The van der Waals surface area contributed by atoms with E-state index < -0.39 is 9.76 Å². The molecule has 0 aliphatic rings. The lowest BCUT2D eigenvalue weighted by Gasteiger charge is -2.38. The van der Waals surface area contributed by atoms with E-state index >= 15 is 0 Å². The van der Waals surface area contributed by atoms with Gasteiger partial charge in [0, 0.05) is 60.7 Å². The smallest absolute Gasteiger partial charge is 0.167 e. The summed E-state index contributed by atoms with van der Waals surface area (Å²) < 4.78 is 17.4. The number of fused-ring (bicyclic) bond motifs is 1. The molecule has 0 aliphatic heterocycles. The van der Waals surface area contributed by atoms with Gasteiger partial charge < -0.3 is 23.8 Å². The van der Waals surface area contributed by atoms with Crippen molar-refractivity contribution < 1.29 is 13.9 Å². The Morgan fingerprint density at radius 1 is 0.895 bits per heavy atom. The monoisotopic (exact) mass is 532 g/mol. The summed E-state index contributed by atoms with van der Waals surface area (Å²) in [6.45, 7) is 13.0. The number of aromatic nitrogens is 3. The van der Waals surface area contributed by atoms with E-state index in [4.69, 9.17) is 18.9 Å². The van der Waals surface area contributed by atoms with Crippen molar-refractivity contribution in [2.24, 2.45) is 5.41 Å². The molecule has 0 spiro atoms. The third kappa shape index (κ3) is 6.37. The van der Waals surface area contributed by atoms with Crippen LogP contribution in [-0.2, 0) is 4.43 Å². The zero-order chi connectivity index (χ0) is 27.3. The Labute approximate surface area is 228 Å². The van der Waals surface area contributed by atoms with Gasteiger partial charge in [0.15, 0.2) is 9.76 Å². The van der Waals surface area contributed by atoms with E-state index in [1.54, 1.807) is 14.2 Å². The van der Waals surface area contributed by atoms with Crippen LogP contribution < -0.4 is 14.4 Å². The molecule has 0 unspecified atom stereocenters. The van der Waals surface area contributed by atoms with Gasteiger partial charge >= 0.3 is 0 Å². The highest BCUT2D eigenvalue weighted by Gasteiger charge is 2.33. The maximum Gasteiger partial charge on any atom is 0.167 e. The van der Waals surface area contributed by atoms with Gasteiger partial charge in [0.05, 0.1) is 37.1 Å². The molecule has 0 saturated heterocycles. The van der Waals surface area contributed by atoms with Gasteiger partial charge in [0.1, 0.15) is 11.5 Å². The van der Waals surface area contributed by atoms with Crippen molar-refractivity contribution in [3.05, 3.63) is 61.1 Å². The molecule has 1 N–H and O–H groups in total. The molecule has 2 aromatic carbocycles. The minimum atomic E-state index is -0.689. The molecule has 38 heavy (non-hydrogen) atoms. The minimum Gasteiger partial charge on any atom is -0.497 e. The first-order chi connectivity index (χ1) is 18.1. The Morgan fingerprint density at radius 3 is 2.26 bits per heavy atom. The quantitative estimate of drug-likeness (QED) is 0.175. The molecule has 0 aliphatic carbocycles. The third-order valence-corrected chi connectivity index (χ3v) is 9.82. The number of benzene rings is 2. The topological polar surface area (TPSA) is 72.5 Å². The van der Waals surface area contributed by atoms with E-state index in [1.165, 1.54) is 0 Å². The maximum atomic E-state index is 6.30. The average Bonchev–Trinajstić information content (AvgIpc) is 3.44. The summed E-state index contributed by atoms with van der Waals surface area (Å²) in [6.07, 6.45) is 6.53. The lowest BCUT2D eigenvalue weighted by Crippen LogP contribution is -2.31. The van der Waals surface area contributed by atoms with Gasteiger partial charge in [-0.2, -0.15) is 0 Å². The molecule has 2 heterocycles. The molecule has 2 aromatic heterocycles. The van der Waals surface area contributed by atoms with Crippen LogP contribution in [0.3, 0.4) is 0 Å². The molecule has 202 valence electrons. The van der Waals surface area contributed by atoms with Crippen LogP contribution in [0.1, 0.15) is 41.0 Å². The first kappa shape index (κ1) is 27.7. The highest BCUT2D eigenvalue weighted by Crippen LogP contribution is 2.43. The van der Waals surface area contributed by atoms with Crippen LogP contribution in [0.5, 0.6) is 11.5 Å². The van der Waals surface area contributed by atoms with Crippen LogP contribution in [-0.4, -0.2) is 52.1 Å². The molecule has 4 rings (SSSR count). The predicted octanol–water partition coefficient (Wildman–Crippen LogP) is 6.52. The van der Waals surface area contributed by atoms with E-state index in [9.17, 15) is 0 Å². The first-order valence-electron chi connectivity index (χ1n) is 13.1. The fraction of sp³-hybridized carbons (Fsp3) is 0.400. The van der Waals surface area contributed by atoms with Crippen molar-refractivity contribution in [1.29, 1.82) is 0 Å². The average molecular weight is 533 g/mol. The van der Waals surface area contributed by atoms with Crippen molar-refractivity contribution >= 4 is 32.2 Å². The Hall–Kier alpha value is -3.36. The Balaban J connectivity index is 1.62. The number of ether oxygens (including phenoxy) is 2. The minimum absolute atomic E-state index is 0.223. The number of nitrogens with zero attached hydrogens (tertiary/aromatic N) is 3. The van der Waals surface area contributed by atoms with Gasteiger partial charge in [0.25, 0.3) is 0 Å². The van der Waals surface area contributed by atoms with E-state index in [1.807, 2.05) is 48.9 Å². The van der Waals surface area contributed by atoms with Crippen LogP contribution in [0, 0.1) is 5.41 Å². The van der Waals surface area contributed by atoms with Crippen molar-refractivity contribution in [1.82, 2.24) is 15.0 Å². The van der Waals surface area contributed by atoms with Gasteiger partial charge in [-0.05, 0) is 41.1 Å². The van der Waals surface area contributed by atoms with Gasteiger partial charge in [0.2, 0.25) is 0 Å². The summed E-state index contributed by atoms with van der Waals surface area (Å²) in [7, 11) is 2.66. The number of nitrogens with one attached hydrogen (secondary N) is 1. The summed E-state index contributed by atoms with van der Waals surface area (Å²) in [6, 6.07) is 14.2. The number of aromatic amines is 1. The van der Waals surface area contributed by atoms with Gasteiger partial charge in [-0.15, -0.1) is 0 Å². The lowest BCUT2D eigenvalue weighted by atomic mass is 9.82. The van der Waals surface area contributed by atoms with Crippen molar-refractivity contribution in [3.63, 3.8) is 0 Å². The van der Waals surface area contributed by atoms with Crippen LogP contribution in [0.4, 0.5) is 11.4 Å². The Kier molecular flexibility index (Phi) is 8.43. The van der Waals surface area contributed by atoms with E-state index in [-0.39, 0.29) is 10.5 Å². The number of rotatable bonds is 11. The third-order valence-electron chi connectivity index (χ3n) is 7.54. The zero-order valence-corrected chi connectivity index (χ0v) is 25.1. The van der Waals surface area contributed by atoms with Crippen molar-refractivity contribution in [2.45, 2.75) is 46.1 Å². The van der Waals surface area contributed by atoms with Crippen LogP contribution in [0.25, 0.3) is 22.3 Å². The number of anilines is 2. The molecule has 0 saturated carbocycles. The first-order valence-corrected chi connectivity index (χ1v) is 14.4. The van der Waals surface area contributed by atoms with Gasteiger partial charge in [-0.3, -0.25) is 4.98 Å². The molecule has 8 heteroatoms. The maximum absolute atomic E-state index is 6.30. The number of hydrogen-bond acceptors (Lipinski definition) is 6. The SMILES string of the molecule is COc1cc(OC)cc(N(CCCO[SiH2]C(C)(C)C(C)(C)C)c2ccc3ncc(-c4cc[nH]c4)nc3c2)c1. The summed E-state index contributed by atoms with van der Waals surface area (Å²) in [5.41, 5.74) is 5.80. The molecule has 0 amide bonds. The molecular weight excluding hydrogens is 492 g/mol. The zero-order valence-electron chi connectivity index (χ0n) is 23.7. The molecule has 0 bridgehead atoms. The standard InChI is InChI=1S/C30H40N4O3Si/c1-29(2,3)30(4,5)38-37-14-8-13-34(23-15-24(35-6)18-25(16-23)36-7)22-9-10-26-27(17-22)33-28(20-32-26)21-11-12-31-19-21/h9-12,15-20,31H,8,13-14,38H2,1-7H3. The van der Waals surface area contributed by atoms with Crippen LogP contribution in [0.2, 0.25) is 5.04 Å². The highest BCUT2D eigenvalue weighted by molar-refractivity contribution is 6.32. The summed E-state index contributed by atoms with van der Waals surface area (Å²) in [4.78, 5) is 14.9. The number of hydrogen-bond donors (Lipinski definition) is 1. The molecule has 0 atom stereocenters. The van der Waals surface area contributed by atoms with Crippen LogP contribution >= 0.6 is 0 Å². The Bertz CT molecular complexity index is 1330. The second-order valence-corrected chi connectivity index (χ2v) is 13.8. The van der Waals surface area contributed by atoms with Gasteiger partial charge in [-0.25, -0.2) is 4.98 Å². The van der Waals surface area contributed by atoms with Gasteiger partial charge in [-0.1, -0.05) is 34.6 Å². The van der Waals surface area contributed by atoms with Crippen LogP contribution in [0.15, 0.2) is 61.1 Å². The fourth-order valence-corrected chi connectivity index (χ4v) is 5.31.